The number of nitrogens with one attached hydrogen (secondary N) is 1. The molecular weight excluding hydrogens is 488 g/mol. The van der Waals surface area contributed by atoms with Gasteiger partial charge in [0.25, 0.3) is 0 Å². The second-order valence-electron chi connectivity index (χ2n) is 10.3. The van der Waals surface area contributed by atoms with Crippen LogP contribution in [0.5, 0.6) is 0 Å². The van der Waals surface area contributed by atoms with Gasteiger partial charge in [0, 0.05) is 43.1 Å². The Morgan fingerprint density at radius 1 is 1.00 bits per heavy atom. The summed E-state index contributed by atoms with van der Waals surface area (Å²) in [6.07, 6.45) is 6.68. The molecule has 1 aliphatic heterocycles. The van der Waals surface area contributed by atoms with Crippen LogP contribution in [0.3, 0.4) is 0 Å². The maximum atomic E-state index is 12.7. The lowest BCUT2D eigenvalue weighted by molar-refractivity contribution is -0.113. The molecule has 2 heterocycles. The van der Waals surface area contributed by atoms with E-state index in [0.717, 1.165) is 48.5 Å². The highest BCUT2D eigenvalue weighted by Gasteiger charge is 2.18. The van der Waals surface area contributed by atoms with E-state index < -0.39 is 0 Å². The molecule has 0 spiro atoms. The van der Waals surface area contributed by atoms with Crippen molar-refractivity contribution in [2.24, 2.45) is 0 Å². The van der Waals surface area contributed by atoms with Crippen LogP contribution in [-0.4, -0.2) is 60.0 Å². The Morgan fingerprint density at radius 2 is 1.67 bits per heavy atom. The Labute approximate surface area is 227 Å². The molecule has 2 aromatic rings. The Hall–Kier alpha value is -1.76. The quantitative estimate of drug-likeness (QED) is 0.281. The number of hydrogen-bond acceptors (Lipinski definition) is 5. The topological polar surface area (TPSA) is 48.5 Å². The minimum Gasteiger partial charge on any atom is -0.354 e. The number of amides is 1. The number of nitrogens with zero attached hydrogens (tertiary/aromatic N) is 3. The second kappa shape index (κ2) is 14.8. The summed E-state index contributed by atoms with van der Waals surface area (Å²) in [5.74, 6) is 3.43. The number of halogens is 1. The number of benzene rings is 1. The summed E-state index contributed by atoms with van der Waals surface area (Å²) in [5, 5.41) is 3.97. The number of carbonyl (C=O) groups is 1. The van der Waals surface area contributed by atoms with Crippen molar-refractivity contribution in [1.29, 1.82) is 0 Å². The molecule has 0 unspecified atom stereocenters. The SMILES string of the molecule is CC(C)c1cccc(C(C)C)c1NC(=O)CSCCCCCCN1CCN(c2cc(Cl)ccn2)CC1. The van der Waals surface area contributed by atoms with E-state index in [1.807, 2.05) is 12.1 Å². The van der Waals surface area contributed by atoms with E-state index >= 15 is 0 Å². The Bertz CT molecular complexity index is 934. The predicted molar refractivity (Wildman–Crippen MR) is 157 cm³/mol. The maximum absolute atomic E-state index is 12.7. The highest BCUT2D eigenvalue weighted by atomic mass is 35.5. The second-order valence-corrected chi connectivity index (χ2v) is 11.8. The van der Waals surface area contributed by atoms with Crippen LogP contribution < -0.4 is 10.2 Å². The number of thioether (sulfide) groups is 1. The zero-order valence-corrected chi connectivity index (χ0v) is 24.0. The van der Waals surface area contributed by atoms with Crippen LogP contribution in [0.4, 0.5) is 11.5 Å². The number of piperazine rings is 1. The van der Waals surface area contributed by atoms with Crippen molar-refractivity contribution in [3.63, 3.8) is 0 Å². The molecule has 0 bridgehead atoms. The van der Waals surface area contributed by atoms with Crippen LogP contribution in [-0.2, 0) is 4.79 Å². The van der Waals surface area contributed by atoms with Gasteiger partial charge in [-0.05, 0) is 60.2 Å². The van der Waals surface area contributed by atoms with Crippen LogP contribution in [0, 0.1) is 0 Å². The molecule has 36 heavy (non-hydrogen) atoms. The maximum Gasteiger partial charge on any atom is 0.234 e. The van der Waals surface area contributed by atoms with Crippen molar-refractivity contribution in [3.05, 3.63) is 52.7 Å². The predicted octanol–water partition coefficient (Wildman–Crippen LogP) is 7.04. The first-order valence-electron chi connectivity index (χ1n) is 13.4. The third-order valence-electron chi connectivity index (χ3n) is 6.79. The normalized spacial score (nSPS) is 14.6. The number of rotatable bonds is 13. The van der Waals surface area contributed by atoms with Gasteiger partial charge >= 0.3 is 0 Å². The van der Waals surface area contributed by atoms with Gasteiger partial charge in [0.15, 0.2) is 0 Å². The van der Waals surface area contributed by atoms with Crippen LogP contribution in [0.25, 0.3) is 0 Å². The third kappa shape index (κ3) is 8.97. The lowest BCUT2D eigenvalue weighted by Gasteiger charge is -2.35. The smallest absolute Gasteiger partial charge is 0.234 e. The summed E-state index contributed by atoms with van der Waals surface area (Å²) in [6, 6.07) is 10.1. The molecular formula is C29H43ClN4OS. The van der Waals surface area contributed by atoms with Gasteiger partial charge in [-0.3, -0.25) is 9.69 Å². The molecule has 1 aromatic carbocycles. The molecule has 3 rings (SSSR count). The zero-order valence-electron chi connectivity index (χ0n) is 22.4. The van der Waals surface area contributed by atoms with Crippen molar-refractivity contribution < 1.29 is 4.79 Å². The van der Waals surface area contributed by atoms with Crippen molar-refractivity contribution >= 4 is 40.8 Å². The van der Waals surface area contributed by atoms with Gasteiger partial charge in [0.2, 0.25) is 5.91 Å². The van der Waals surface area contributed by atoms with E-state index in [1.165, 1.54) is 43.4 Å². The first-order valence-corrected chi connectivity index (χ1v) is 15.0. The number of pyridine rings is 1. The fraction of sp³-hybridized carbons (Fsp3) is 0.586. The Kier molecular flexibility index (Phi) is 11.9. The first-order chi connectivity index (χ1) is 17.3. The minimum atomic E-state index is 0.113. The number of anilines is 2. The molecule has 1 N–H and O–H groups in total. The van der Waals surface area contributed by atoms with E-state index in [4.69, 9.17) is 11.6 Å². The lowest BCUT2D eigenvalue weighted by Crippen LogP contribution is -2.46. The highest BCUT2D eigenvalue weighted by molar-refractivity contribution is 7.99. The Morgan fingerprint density at radius 3 is 2.31 bits per heavy atom. The van der Waals surface area contributed by atoms with E-state index in [0.29, 0.717) is 17.6 Å². The summed E-state index contributed by atoms with van der Waals surface area (Å²) >= 11 is 7.86. The molecule has 5 nitrogen and oxygen atoms in total. The fourth-order valence-corrected chi connectivity index (χ4v) is 5.66. The van der Waals surface area contributed by atoms with Crippen LogP contribution >= 0.6 is 23.4 Å². The number of carbonyl (C=O) groups excluding carboxylic acids is 1. The molecule has 1 amide bonds. The molecule has 0 saturated carbocycles. The van der Waals surface area contributed by atoms with Crippen molar-refractivity contribution in [1.82, 2.24) is 9.88 Å². The van der Waals surface area contributed by atoms with Gasteiger partial charge in [-0.15, -0.1) is 0 Å². The molecule has 1 fully saturated rings. The van der Waals surface area contributed by atoms with E-state index in [1.54, 1.807) is 18.0 Å². The number of hydrogen-bond donors (Lipinski definition) is 1. The number of aromatic nitrogens is 1. The minimum absolute atomic E-state index is 0.113. The summed E-state index contributed by atoms with van der Waals surface area (Å²) in [5.41, 5.74) is 3.47. The molecule has 1 aliphatic rings. The van der Waals surface area contributed by atoms with Crippen LogP contribution in [0.15, 0.2) is 36.5 Å². The zero-order chi connectivity index (χ0) is 25.9. The summed E-state index contributed by atoms with van der Waals surface area (Å²) < 4.78 is 0. The number of unbranched alkanes of at least 4 members (excludes halogenated alkanes) is 3. The molecule has 1 saturated heterocycles. The first kappa shape index (κ1) is 28.8. The summed E-state index contributed by atoms with van der Waals surface area (Å²) in [7, 11) is 0. The standard InChI is InChI=1S/C29H43ClN4OS/c1-22(2)25-10-9-11-26(23(3)4)29(25)32-28(35)21-36-19-8-6-5-7-14-33-15-17-34(18-16-33)27-20-24(30)12-13-31-27/h9-13,20,22-23H,5-8,14-19,21H2,1-4H3,(H,32,35). The average Bonchev–Trinajstić information content (AvgIpc) is 2.85. The van der Waals surface area contributed by atoms with Gasteiger partial charge in [-0.25, -0.2) is 4.98 Å². The van der Waals surface area contributed by atoms with E-state index in [9.17, 15) is 4.79 Å². The van der Waals surface area contributed by atoms with Crippen molar-refractivity contribution in [2.75, 3.05) is 54.4 Å². The van der Waals surface area contributed by atoms with Crippen LogP contribution in [0.1, 0.15) is 76.3 Å². The van der Waals surface area contributed by atoms with Gasteiger partial charge in [0.05, 0.1) is 5.75 Å². The van der Waals surface area contributed by atoms with Crippen molar-refractivity contribution in [2.45, 2.75) is 65.2 Å². The highest BCUT2D eigenvalue weighted by Crippen LogP contribution is 2.32. The van der Waals surface area contributed by atoms with Crippen molar-refractivity contribution in [3.8, 4) is 0 Å². The summed E-state index contributed by atoms with van der Waals surface area (Å²) in [6.45, 7) is 14.1. The van der Waals surface area contributed by atoms with Gasteiger partial charge < -0.3 is 10.2 Å². The van der Waals surface area contributed by atoms with E-state index in [2.05, 4.69) is 66.0 Å². The summed E-state index contributed by atoms with van der Waals surface area (Å²) in [4.78, 5) is 22.0. The molecule has 7 heteroatoms. The molecule has 198 valence electrons. The van der Waals surface area contributed by atoms with Gasteiger partial charge in [0.1, 0.15) is 5.82 Å². The van der Waals surface area contributed by atoms with E-state index in [-0.39, 0.29) is 5.91 Å². The largest absolute Gasteiger partial charge is 0.354 e. The van der Waals surface area contributed by atoms with Gasteiger partial charge in [-0.2, -0.15) is 11.8 Å². The fourth-order valence-electron chi connectivity index (χ4n) is 4.70. The monoisotopic (exact) mass is 530 g/mol. The van der Waals surface area contributed by atoms with Gasteiger partial charge in [-0.1, -0.05) is 70.3 Å². The molecule has 0 radical (unpaired) electrons. The Balaban J connectivity index is 1.26. The third-order valence-corrected chi connectivity index (χ3v) is 8.07. The number of para-hydroxylation sites is 1. The molecule has 0 aliphatic carbocycles. The molecule has 0 atom stereocenters. The average molecular weight is 531 g/mol. The van der Waals surface area contributed by atoms with Crippen LogP contribution in [0.2, 0.25) is 5.02 Å². The molecule has 1 aromatic heterocycles. The lowest BCUT2D eigenvalue weighted by atomic mass is 9.92.